The summed E-state index contributed by atoms with van der Waals surface area (Å²) in [4.78, 5) is 25.2. The lowest BCUT2D eigenvalue weighted by Gasteiger charge is -2.38. The number of rotatable bonds is 7. The molecule has 8 nitrogen and oxygen atoms in total. The number of sulfonamides is 1. The van der Waals surface area contributed by atoms with Gasteiger partial charge in [-0.25, -0.2) is 18.0 Å². The minimum absolute atomic E-state index is 0.0684. The van der Waals surface area contributed by atoms with Gasteiger partial charge >= 0.3 is 18.2 Å². The van der Waals surface area contributed by atoms with Gasteiger partial charge in [0.1, 0.15) is 0 Å². The average molecular weight is 529 g/mol. The van der Waals surface area contributed by atoms with Crippen LogP contribution < -0.4 is 0 Å². The van der Waals surface area contributed by atoms with Gasteiger partial charge in [-0.2, -0.15) is 17.5 Å². The van der Waals surface area contributed by atoms with E-state index in [-0.39, 0.29) is 30.2 Å². The molecule has 1 fully saturated rings. The standard InChI is InChI=1S/C24H27F3N2O6S/c1-3-35-23(31)28-14-4-5-20(16-28)29(15-17-6-8-18(9-7-17)22(30)34-2)36(32,33)21-12-10-19(11-13-21)24(25,26)27/h6-13,20H,3-5,14-16H2,1-2H3. The largest absolute Gasteiger partial charge is 0.465 e. The maximum Gasteiger partial charge on any atom is 0.416 e. The topological polar surface area (TPSA) is 93.2 Å². The summed E-state index contributed by atoms with van der Waals surface area (Å²) >= 11 is 0. The van der Waals surface area contributed by atoms with E-state index in [1.165, 1.54) is 28.4 Å². The number of halogens is 3. The minimum atomic E-state index is -4.60. The van der Waals surface area contributed by atoms with Gasteiger partial charge in [-0.05, 0) is 61.7 Å². The number of amides is 1. The lowest BCUT2D eigenvalue weighted by molar-refractivity contribution is -0.137. The van der Waals surface area contributed by atoms with Crippen LogP contribution in [0.3, 0.4) is 0 Å². The van der Waals surface area contributed by atoms with E-state index in [2.05, 4.69) is 4.74 Å². The number of alkyl halides is 3. The lowest BCUT2D eigenvalue weighted by atomic mass is 10.1. The fraction of sp³-hybridized carbons (Fsp3) is 0.417. The molecule has 1 amide bonds. The molecule has 1 aliphatic rings. The Morgan fingerprint density at radius 3 is 2.28 bits per heavy atom. The van der Waals surface area contributed by atoms with Crippen LogP contribution in [0.5, 0.6) is 0 Å². The number of carbonyl (C=O) groups excluding carboxylic acids is 2. The monoisotopic (exact) mass is 528 g/mol. The molecule has 2 aromatic rings. The smallest absolute Gasteiger partial charge is 0.416 e. The van der Waals surface area contributed by atoms with E-state index in [1.54, 1.807) is 19.1 Å². The average Bonchev–Trinajstić information content (AvgIpc) is 2.87. The van der Waals surface area contributed by atoms with Crippen molar-refractivity contribution in [1.82, 2.24) is 9.21 Å². The molecule has 0 N–H and O–H groups in total. The lowest BCUT2D eigenvalue weighted by Crippen LogP contribution is -2.51. The van der Waals surface area contributed by atoms with Crippen molar-refractivity contribution in [3.05, 3.63) is 65.2 Å². The summed E-state index contributed by atoms with van der Waals surface area (Å²) in [5.41, 5.74) is -0.131. The van der Waals surface area contributed by atoms with Crippen LogP contribution in [0.25, 0.3) is 0 Å². The van der Waals surface area contributed by atoms with Gasteiger partial charge in [-0.1, -0.05) is 12.1 Å². The highest BCUT2D eigenvalue weighted by Crippen LogP contribution is 2.31. The first-order valence-electron chi connectivity index (χ1n) is 11.3. The molecule has 3 rings (SSSR count). The van der Waals surface area contributed by atoms with Gasteiger partial charge in [-0.3, -0.25) is 0 Å². The van der Waals surface area contributed by atoms with Gasteiger partial charge in [0.2, 0.25) is 10.0 Å². The van der Waals surface area contributed by atoms with Crippen LogP contribution in [0.4, 0.5) is 18.0 Å². The third kappa shape index (κ3) is 6.35. The second-order valence-corrected chi connectivity index (χ2v) is 10.1. The van der Waals surface area contributed by atoms with E-state index in [0.717, 1.165) is 24.3 Å². The molecule has 36 heavy (non-hydrogen) atoms. The van der Waals surface area contributed by atoms with Crippen LogP contribution in [0.1, 0.15) is 41.3 Å². The first-order valence-corrected chi connectivity index (χ1v) is 12.7. The Hall–Kier alpha value is -3.12. The van der Waals surface area contributed by atoms with Gasteiger partial charge in [0, 0.05) is 25.7 Å². The number of nitrogens with zero attached hydrogens (tertiary/aromatic N) is 2. The summed E-state index contributed by atoms with van der Waals surface area (Å²) in [6, 6.07) is 8.81. The van der Waals surface area contributed by atoms with Crippen LogP contribution in [0.15, 0.2) is 53.4 Å². The molecule has 1 atom stereocenters. The first kappa shape index (κ1) is 27.5. The van der Waals surface area contributed by atoms with Crippen LogP contribution in [0, 0.1) is 0 Å². The Bertz CT molecular complexity index is 1170. The molecular weight excluding hydrogens is 501 g/mol. The van der Waals surface area contributed by atoms with Crippen molar-refractivity contribution in [2.75, 3.05) is 26.8 Å². The number of methoxy groups -OCH3 is 1. The Labute approximate surface area is 207 Å². The summed E-state index contributed by atoms with van der Waals surface area (Å²) in [5, 5.41) is 0. The van der Waals surface area contributed by atoms with E-state index in [9.17, 15) is 31.2 Å². The predicted octanol–water partition coefficient (Wildman–Crippen LogP) is 4.30. The van der Waals surface area contributed by atoms with Crippen molar-refractivity contribution in [1.29, 1.82) is 0 Å². The number of likely N-dealkylation sites (tertiary alicyclic amines) is 1. The third-order valence-corrected chi connectivity index (χ3v) is 7.74. The van der Waals surface area contributed by atoms with Crippen molar-refractivity contribution < 1.29 is 40.7 Å². The van der Waals surface area contributed by atoms with E-state index in [1.807, 2.05) is 0 Å². The minimum Gasteiger partial charge on any atom is -0.465 e. The third-order valence-electron chi connectivity index (χ3n) is 5.83. The maximum absolute atomic E-state index is 13.7. The second kappa shape index (κ2) is 11.3. The second-order valence-electron chi connectivity index (χ2n) is 8.20. The number of piperidine rings is 1. The number of hydrogen-bond acceptors (Lipinski definition) is 6. The van der Waals surface area contributed by atoms with E-state index in [0.29, 0.717) is 24.9 Å². The number of hydrogen-bond donors (Lipinski definition) is 0. The molecule has 0 saturated carbocycles. The van der Waals surface area contributed by atoms with E-state index in [4.69, 9.17) is 4.74 Å². The van der Waals surface area contributed by atoms with Crippen LogP contribution in [-0.2, 0) is 32.2 Å². The summed E-state index contributed by atoms with van der Waals surface area (Å²) in [6.07, 6.45) is -4.20. The molecule has 196 valence electrons. The quantitative estimate of drug-likeness (QED) is 0.498. The fourth-order valence-corrected chi connectivity index (χ4v) is 5.61. The zero-order chi connectivity index (χ0) is 26.5. The first-order chi connectivity index (χ1) is 17.0. The van der Waals surface area contributed by atoms with Crippen LogP contribution in [0.2, 0.25) is 0 Å². The molecule has 12 heteroatoms. The number of benzene rings is 2. The SMILES string of the molecule is CCOC(=O)N1CCCC(N(Cc2ccc(C(=O)OC)cc2)S(=O)(=O)c2ccc(C(F)(F)F)cc2)C1. The molecular formula is C24H27F3N2O6S. The summed E-state index contributed by atoms with van der Waals surface area (Å²) < 4.78 is 77.3. The molecule has 1 saturated heterocycles. The molecule has 1 heterocycles. The summed E-state index contributed by atoms with van der Waals surface area (Å²) in [7, 11) is -3.02. The summed E-state index contributed by atoms with van der Waals surface area (Å²) in [5.74, 6) is -0.548. The highest BCUT2D eigenvalue weighted by atomic mass is 32.2. The van der Waals surface area contributed by atoms with Crippen molar-refractivity contribution >= 4 is 22.1 Å². The Kier molecular flexibility index (Phi) is 8.62. The number of esters is 1. The van der Waals surface area contributed by atoms with Gasteiger partial charge in [0.05, 0.1) is 29.7 Å². The van der Waals surface area contributed by atoms with E-state index >= 15 is 0 Å². The highest BCUT2D eigenvalue weighted by molar-refractivity contribution is 7.89. The molecule has 1 aliphatic heterocycles. The predicted molar refractivity (Wildman–Crippen MR) is 124 cm³/mol. The molecule has 1 unspecified atom stereocenters. The van der Waals surface area contributed by atoms with Gasteiger partial charge < -0.3 is 14.4 Å². The molecule has 0 bridgehead atoms. The highest BCUT2D eigenvalue weighted by Gasteiger charge is 2.37. The Morgan fingerprint density at radius 2 is 1.72 bits per heavy atom. The van der Waals surface area contributed by atoms with Crippen LogP contribution >= 0.6 is 0 Å². The summed E-state index contributed by atoms with van der Waals surface area (Å²) in [6.45, 7) is 2.18. The molecule has 0 spiro atoms. The molecule has 0 aromatic heterocycles. The normalized spacial score (nSPS) is 16.6. The maximum atomic E-state index is 13.7. The number of carbonyl (C=O) groups is 2. The zero-order valence-corrected chi connectivity index (χ0v) is 20.6. The van der Waals surface area contributed by atoms with Crippen LogP contribution in [-0.4, -0.2) is 62.5 Å². The zero-order valence-electron chi connectivity index (χ0n) is 19.8. The van der Waals surface area contributed by atoms with Gasteiger partial charge in [0.15, 0.2) is 0 Å². The van der Waals surface area contributed by atoms with Crippen molar-refractivity contribution in [3.63, 3.8) is 0 Å². The molecule has 2 aromatic carbocycles. The number of ether oxygens (including phenoxy) is 2. The van der Waals surface area contributed by atoms with Crippen molar-refractivity contribution in [2.45, 2.75) is 43.4 Å². The van der Waals surface area contributed by atoms with E-state index < -0.39 is 39.9 Å². The van der Waals surface area contributed by atoms with Crippen molar-refractivity contribution in [3.8, 4) is 0 Å². The van der Waals surface area contributed by atoms with Gasteiger partial charge in [-0.15, -0.1) is 0 Å². The fourth-order valence-electron chi connectivity index (χ4n) is 3.98. The Balaban J connectivity index is 1.96. The molecule has 0 aliphatic carbocycles. The molecule has 0 radical (unpaired) electrons. The Morgan fingerprint density at radius 1 is 1.08 bits per heavy atom. The van der Waals surface area contributed by atoms with Crippen molar-refractivity contribution in [2.24, 2.45) is 0 Å². The van der Waals surface area contributed by atoms with Gasteiger partial charge in [0.25, 0.3) is 0 Å².